The number of anilines is 1. The summed E-state index contributed by atoms with van der Waals surface area (Å²) in [6.07, 6.45) is 1.51. The molecule has 3 aromatic heterocycles. The predicted octanol–water partition coefficient (Wildman–Crippen LogP) is 3.18. The van der Waals surface area contributed by atoms with Crippen molar-refractivity contribution in [2.75, 3.05) is 11.9 Å². The van der Waals surface area contributed by atoms with Gasteiger partial charge in [-0.15, -0.1) is 0 Å². The molecule has 31 heavy (non-hydrogen) atoms. The predicted molar refractivity (Wildman–Crippen MR) is 110 cm³/mol. The summed E-state index contributed by atoms with van der Waals surface area (Å²) in [7, 11) is 0. The highest BCUT2D eigenvalue weighted by atomic mass is 35.5. The lowest BCUT2D eigenvalue weighted by Gasteiger charge is -2.10. The molecule has 2 N–H and O–H groups in total. The van der Waals surface area contributed by atoms with Gasteiger partial charge < -0.3 is 10.6 Å². The fraction of sp³-hybridized carbons (Fsp3) is 0.421. The van der Waals surface area contributed by atoms with Crippen LogP contribution in [0.1, 0.15) is 53.1 Å². The minimum Gasteiger partial charge on any atom is -0.350 e. The van der Waals surface area contributed by atoms with Gasteiger partial charge in [-0.1, -0.05) is 13.8 Å². The fourth-order valence-corrected chi connectivity index (χ4v) is 2.96. The number of hydrogen-bond donors (Lipinski definition) is 2. The Morgan fingerprint density at radius 1 is 1.23 bits per heavy atom. The largest absolute Gasteiger partial charge is 0.364 e. The molecule has 9 nitrogen and oxygen atoms in total. The van der Waals surface area contributed by atoms with Crippen LogP contribution in [0.5, 0.6) is 0 Å². The van der Waals surface area contributed by atoms with E-state index >= 15 is 0 Å². The first-order valence-electron chi connectivity index (χ1n) is 9.61. The Morgan fingerprint density at radius 3 is 2.55 bits per heavy atom. The average molecular weight is 454 g/mol. The molecule has 0 bridgehead atoms. The molecule has 0 spiro atoms. The lowest BCUT2D eigenvalue weighted by molar-refractivity contribution is 0.0867. The molecule has 166 valence electrons. The van der Waals surface area contributed by atoms with Gasteiger partial charge in [0.2, 0.25) is 0 Å². The number of nitrogens with one attached hydrogen (secondary N) is 2. The van der Waals surface area contributed by atoms with E-state index in [4.69, 9.17) is 11.6 Å². The Labute approximate surface area is 181 Å². The summed E-state index contributed by atoms with van der Waals surface area (Å²) in [4.78, 5) is 29.4. The average Bonchev–Trinajstić information content (AvgIpc) is 3.28. The van der Waals surface area contributed by atoms with Gasteiger partial charge >= 0.3 is 5.38 Å². The Kier molecular flexibility index (Phi) is 6.25. The van der Waals surface area contributed by atoms with Crippen LogP contribution < -0.4 is 10.6 Å². The Morgan fingerprint density at radius 2 is 1.94 bits per heavy atom. The van der Waals surface area contributed by atoms with Gasteiger partial charge in [0.05, 0.1) is 5.69 Å². The van der Waals surface area contributed by atoms with Crippen LogP contribution in [-0.4, -0.2) is 42.7 Å². The molecule has 0 saturated carbocycles. The summed E-state index contributed by atoms with van der Waals surface area (Å²) in [5, 5.41) is 9.74. The Hall–Kier alpha value is -3.08. The topological polar surface area (TPSA) is 106 Å². The van der Waals surface area contributed by atoms with Gasteiger partial charge in [0, 0.05) is 31.0 Å². The van der Waals surface area contributed by atoms with Gasteiger partial charge in [0.15, 0.2) is 17.0 Å². The number of aromatic nitrogens is 5. The van der Waals surface area contributed by atoms with Crippen molar-refractivity contribution < 1.29 is 18.4 Å². The van der Waals surface area contributed by atoms with Crippen LogP contribution in [0.4, 0.5) is 14.5 Å². The number of aryl methyl sites for hydroxylation is 2. The number of amides is 2. The first kappa shape index (κ1) is 22.6. The van der Waals surface area contributed by atoms with E-state index in [2.05, 4.69) is 25.8 Å². The quantitative estimate of drug-likeness (QED) is 0.534. The third kappa shape index (κ3) is 4.98. The number of hydrogen-bond acceptors (Lipinski definition) is 5. The SMILES string of the molecule is CCn1cc(NC(=O)c2cc3nc(C)cc(C(F)(F)Cl)n3n2)c(C(=O)NCC(C)C)n1. The summed E-state index contributed by atoms with van der Waals surface area (Å²) in [6.45, 7) is 8.18. The van der Waals surface area contributed by atoms with E-state index in [1.54, 1.807) is 0 Å². The molecule has 0 fully saturated rings. The second kappa shape index (κ2) is 8.58. The highest BCUT2D eigenvalue weighted by Gasteiger charge is 2.33. The molecule has 3 rings (SSSR count). The summed E-state index contributed by atoms with van der Waals surface area (Å²) in [5.41, 5.74) is -0.220. The van der Waals surface area contributed by atoms with E-state index in [9.17, 15) is 18.4 Å². The molecule has 3 heterocycles. The van der Waals surface area contributed by atoms with Gasteiger partial charge in [-0.3, -0.25) is 14.3 Å². The van der Waals surface area contributed by atoms with Gasteiger partial charge in [-0.25, -0.2) is 9.50 Å². The fourth-order valence-electron chi connectivity index (χ4n) is 2.82. The maximum atomic E-state index is 13.8. The smallest absolute Gasteiger partial charge is 0.350 e. The van der Waals surface area contributed by atoms with E-state index in [-0.39, 0.29) is 28.6 Å². The molecule has 0 aliphatic heterocycles. The van der Waals surface area contributed by atoms with Crippen molar-refractivity contribution in [3.63, 3.8) is 0 Å². The second-order valence-corrected chi connectivity index (χ2v) is 7.86. The molecule has 3 aromatic rings. The van der Waals surface area contributed by atoms with Crippen LogP contribution in [0.25, 0.3) is 5.65 Å². The zero-order chi connectivity index (χ0) is 22.9. The van der Waals surface area contributed by atoms with E-state index < -0.39 is 22.9 Å². The van der Waals surface area contributed by atoms with Crippen LogP contribution >= 0.6 is 11.6 Å². The van der Waals surface area contributed by atoms with Gasteiger partial charge in [0.1, 0.15) is 5.69 Å². The van der Waals surface area contributed by atoms with E-state index in [0.29, 0.717) is 18.8 Å². The zero-order valence-corrected chi connectivity index (χ0v) is 18.2. The van der Waals surface area contributed by atoms with Crippen molar-refractivity contribution >= 4 is 34.7 Å². The van der Waals surface area contributed by atoms with Crippen molar-refractivity contribution in [3.05, 3.63) is 41.1 Å². The molecule has 0 aliphatic rings. The molecule has 0 aliphatic carbocycles. The minimum absolute atomic E-state index is 0.0413. The molecular weight excluding hydrogens is 432 g/mol. The third-order valence-electron chi connectivity index (χ3n) is 4.30. The highest BCUT2D eigenvalue weighted by Crippen LogP contribution is 2.32. The number of halogens is 3. The monoisotopic (exact) mass is 453 g/mol. The molecular formula is C19H22ClF2N7O2. The summed E-state index contributed by atoms with van der Waals surface area (Å²) >= 11 is 5.18. The normalized spacial score (nSPS) is 11.9. The zero-order valence-electron chi connectivity index (χ0n) is 17.4. The molecule has 0 unspecified atom stereocenters. The van der Waals surface area contributed by atoms with Crippen LogP contribution in [0, 0.1) is 12.8 Å². The van der Waals surface area contributed by atoms with Crippen LogP contribution in [0.2, 0.25) is 0 Å². The van der Waals surface area contributed by atoms with Gasteiger partial charge in [-0.05, 0) is 37.4 Å². The highest BCUT2D eigenvalue weighted by molar-refractivity contribution is 6.21. The van der Waals surface area contributed by atoms with Crippen molar-refractivity contribution in [2.24, 2.45) is 5.92 Å². The first-order chi connectivity index (χ1) is 14.5. The lowest BCUT2D eigenvalue weighted by atomic mass is 10.2. The first-order valence-corrected chi connectivity index (χ1v) is 9.99. The number of alkyl halides is 3. The van der Waals surface area contributed by atoms with E-state index in [1.165, 1.54) is 23.9 Å². The number of fused-ring (bicyclic) bond motifs is 1. The summed E-state index contributed by atoms with van der Waals surface area (Å²) in [6, 6.07) is 2.36. The van der Waals surface area contributed by atoms with Crippen molar-refractivity contribution in [3.8, 4) is 0 Å². The van der Waals surface area contributed by atoms with E-state index in [0.717, 1.165) is 10.6 Å². The maximum absolute atomic E-state index is 13.8. The molecule has 2 amide bonds. The number of carbonyl (C=O) groups excluding carboxylic acids is 2. The summed E-state index contributed by atoms with van der Waals surface area (Å²) < 4.78 is 29.8. The van der Waals surface area contributed by atoms with Gasteiger partial charge in [0.25, 0.3) is 11.8 Å². The van der Waals surface area contributed by atoms with Crippen molar-refractivity contribution in [1.29, 1.82) is 0 Å². The molecule has 12 heteroatoms. The minimum atomic E-state index is -3.70. The van der Waals surface area contributed by atoms with Crippen LogP contribution in [0.15, 0.2) is 18.3 Å². The van der Waals surface area contributed by atoms with Crippen LogP contribution in [0.3, 0.4) is 0 Å². The molecule has 0 saturated heterocycles. The molecule has 0 aromatic carbocycles. The lowest BCUT2D eigenvalue weighted by Crippen LogP contribution is -2.28. The number of carbonyl (C=O) groups is 2. The third-order valence-corrected chi connectivity index (χ3v) is 4.49. The van der Waals surface area contributed by atoms with E-state index in [1.807, 2.05) is 20.8 Å². The number of rotatable bonds is 7. The maximum Gasteiger partial charge on any atom is 0.364 e. The van der Waals surface area contributed by atoms with Gasteiger partial charge in [-0.2, -0.15) is 19.0 Å². The second-order valence-electron chi connectivity index (χ2n) is 7.39. The molecule has 0 atom stereocenters. The summed E-state index contributed by atoms with van der Waals surface area (Å²) in [5.74, 6) is -0.911. The van der Waals surface area contributed by atoms with Crippen LogP contribution in [-0.2, 0) is 11.9 Å². The Balaban J connectivity index is 1.92. The Bertz CT molecular complexity index is 1130. The van der Waals surface area contributed by atoms with Crippen molar-refractivity contribution in [2.45, 2.75) is 39.6 Å². The van der Waals surface area contributed by atoms with Crippen molar-refractivity contribution in [1.82, 2.24) is 29.7 Å². The standard InChI is InChI=1S/C19H22ClF2N7O2/c1-5-28-9-13(16(27-28)18(31)23-8-10(2)3)25-17(30)12-7-15-24-11(4)6-14(19(20,21)22)29(15)26-12/h6-7,9-10H,5,8H2,1-4H3,(H,23,31)(H,25,30). The molecule has 0 radical (unpaired) electrons. The number of nitrogens with zero attached hydrogens (tertiary/aromatic N) is 5.